The zero-order chi connectivity index (χ0) is 6.41. The quantitative estimate of drug-likeness (QED) is 0.438. The van der Waals surface area contributed by atoms with Crippen LogP contribution in [0.3, 0.4) is 0 Å². The van der Waals surface area contributed by atoms with Crippen molar-refractivity contribution in [3.8, 4) is 0 Å². The van der Waals surface area contributed by atoms with Gasteiger partial charge in [-0.2, -0.15) is 12.6 Å². The fourth-order valence-corrected chi connectivity index (χ4v) is 0.778. The molecule has 0 heterocycles. The summed E-state index contributed by atoms with van der Waals surface area (Å²) >= 11 is 4.11. The number of rotatable bonds is 3. The molecule has 0 aliphatic carbocycles. The van der Waals surface area contributed by atoms with Crippen molar-refractivity contribution in [1.82, 2.24) is 0 Å². The Hall–Kier alpha value is -0.170. The van der Waals surface area contributed by atoms with Crippen LogP contribution in [-0.2, 0) is 0 Å². The Labute approximate surface area is 56.7 Å². The summed E-state index contributed by atoms with van der Waals surface area (Å²) in [7, 11) is 0. The predicted octanol–water partition coefficient (Wildman–Crippen LogP) is 2.44. The van der Waals surface area contributed by atoms with Gasteiger partial charge in [-0.1, -0.05) is 31.2 Å². The standard InChI is InChI=1S/C7H12S/c1-3-5-7(4-2)6-8/h3,5,8H,1,4,6H2,2H3/b7-5+. The van der Waals surface area contributed by atoms with E-state index in [1.54, 1.807) is 6.08 Å². The highest BCUT2D eigenvalue weighted by atomic mass is 32.1. The molecule has 1 heteroatoms. The average Bonchev–Trinajstić information content (AvgIpc) is 1.83. The molecule has 0 bridgehead atoms. The van der Waals surface area contributed by atoms with Gasteiger partial charge in [0.2, 0.25) is 0 Å². The van der Waals surface area contributed by atoms with Gasteiger partial charge in [0.05, 0.1) is 0 Å². The summed E-state index contributed by atoms with van der Waals surface area (Å²) in [6.45, 7) is 5.70. The van der Waals surface area contributed by atoms with Crippen molar-refractivity contribution in [2.75, 3.05) is 5.75 Å². The topological polar surface area (TPSA) is 0 Å². The fourth-order valence-electron chi connectivity index (χ4n) is 0.449. The van der Waals surface area contributed by atoms with Crippen molar-refractivity contribution in [2.45, 2.75) is 13.3 Å². The molecular weight excluding hydrogens is 116 g/mol. The summed E-state index contributed by atoms with van der Waals surface area (Å²) in [5.74, 6) is 0.850. The SMILES string of the molecule is C=C/C=C(\CC)CS. The molecule has 0 nitrogen and oxygen atoms in total. The number of hydrogen-bond donors (Lipinski definition) is 1. The van der Waals surface area contributed by atoms with E-state index in [4.69, 9.17) is 0 Å². The molecule has 0 fully saturated rings. The Morgan fingerprint density at radius 3 is 2.50 bits per heavy atom. The summed E-state index contributed by atoms with van der Waals surface area (Å²) in [6, 6.07) is 0. The molecule has 8 heavy (non-hydrogen) atoms. The van der Waals surface area contributed by atoms with Gasteiger partial charge in [-0.3, -0.25) is 0 Å². The monoisotopic (exact) mass is 128 g/mol. The lowest BCUT2D eigenvalue weighted by molar-refractivity contribution is 1.11. The second-order valence-electron chi connectivity index (χ2n) is 1.57. The van der Waals surface area contributed by atoms with E-state index in [0.717, 1.165) is 12.2 Å². The van der Waals surface area contributed by atoms with Crippen molar-refractivity contribution >= 4 is 12.6 Å². The predicted molar refractivity (Wildman–Crippen MR) is 42.4 cm³/mol. The minimum Gasteiger partial charge on any atom is -0.175 e. The zero-order valence-corrected chi connectivity index (χ0v) is 6.12. The van der Waals surface area contributed by atoms with Gasteiger partial charge < -0.3 is 0 Å². The van der Waals surface area contributed by atoms with E-state index in [0.29, 0.717) is 0 Å². The van der Waals surface area contributed by atoms with Gasteiger partial charge >= 0.3 is 0 Å². The van der Waals surface area contributed by atoms with E-state index >= 15 is 0 Å². The maximum absolute atomic E-state index is 4.11. The first-order valence-electron chi connectivity index (χ1n) is 2.76. The molecule has 0 atom stereocenters. The van der Waals surface area contributed by atoms with Crippen LogP contribution in [0.25, 0.3) is 0 Å². The van der Waals surface area contributed by atoms with Crippen molar-refractivity contribution in [1.29, 1.82) is 0 Å². The van der Waals surface area contributed by atoms with Crippen molar-refractivity contribution in [3.05, 3.63) is 24.3 Å². The second-order valence-corrected chi connectivity index (χ2v) is 1.89. The molecule has 0 unspecified atom stereocenters. The van der Waals surface area contributed by atoms with Gasteiger partial charge in [0.15, 0.2) is 0 Å². The molecule has 0 rings (SSSR count). The lowest BCUT2D eigenvalue weighted by Gasteiger charge is -1.93. The third-order valence-electron chi connectivity index (χ3n) is 1.01. The second kappa shape index (κ2) is 4.98. The molecule has 0 aromatic carbocycles. The molecule has 0 spiro atoms. The molecule has 0 aliphatic rings. The van der Waals surface area contributed by atoms with E-state index in [1.807, 2.05) is 6.08 Å². The molecule has 0 amide bonds. The van der Waals surface area contributed by atoms with Crippen molar-refractivity contribution in [3.63, 3.8) is 0 Å². The van der Waals surface area contributed by atoms with Crippen LogP contribution < -0.4 is 0 Å². The maximum atomic E-state index is 4.11. The van der Waals surface area contributed by atoms with Crippen LogP contribution in [0, 0.1) is 0 Å². The minimum absolute atomic E-state index is 0.850. The summed E-state index contributed by atoms with van der Waals surface area (Å²) in [5.41, 5.74) is 1.34. The van der Waals surface area contributed by atoms with Gasteiger partial charge in [0.25, 0.3) is 0 Å². The Balaban J connectivity index is 3.66. The fraction of sp³-hybridized carbons (Fsp3) is 0.429. The van der Waals surface area contributed by atoms with Crippen LogP contribution in [-0.4, -0.2) is 5.75 Å². The number of allylic oxidation sites excluding steroid dienone is 2. The van der Waals surface area contributed by atoms with E-state index in [9.17, 15) is 0 Å². The van der Waals surface area contributed by atoms with Crippen molar-refractivity contribution < 1.29 is 0 Å². The molecule has 0 radical (unpaired) electrons. The van der Waals surface area contributed by atoms with Crippen LogP contribution >= 0.6 is 12.6 Å². The summed E-state index contributed by atoms with van der Waals surface area (Å²) in [5, 5.41) is 0. The molecule has 46 valence electrons. The highest BCUT2D eigenvalue weighted by Gasteiger charge is 1.84. The van der Waals surface area contributed by atoms with Crippen molar-refractivity contribution in [2.24, 2.45) is 0 Å². The van der Waals surface area contributed by atoms with E-state index in [1.165, 1.54) is 5.57 Å². The Morgan fingerprint density at radius 2 is 2.38 bits per heavy atom. The number of hydrogen-bond acceptors (Lipinski definition) is 1. The summed E-state index contributed by atoms with van der Waals surface area (Å²) < 4.78 is 0. The Bertz CT molecular complexity index is 86.6. The summed E-state index contributed by atoms with van der Waals surface area (Å²) in [6.07, 6.45) is 4.89. The van der Waals surface area contributed by atoms with Crippen LogP contribution in [0.15, 0.2) is 24.3 Å². The molecule has 0 aromatic rings. The van der Waals surface area contributed by atoms with Gasteiger partial charge in [-0.15, -0.1) is 0 Å². The first kappa shape index (κ1) is 7.83. The highest BCUT2D eigenvalue weighted by molar-refractivity contribution is 7.80. The molecule has 0 saturated heterocycles. The summed E-state index contributed by atoms with van der Waals surface area (Å²) in [4.78, 5) is 0. The molecule has 0 saturated carbocycles. The van der Waals surface area contributed by atoms with E-state index in [2.05, 4.69) is 26.1 Å². The lowest BCUT2D eigenvalue weighted by atomic mass is 10.2. The molecular formula is C7H12S. The van der Waals surface area contributed by atoms with Gasteiger partial charge in [0, 0.05) is 5.75 Å². The van der Waals surface area contributed by atoms with Crippen LogP contribution in [0.4, 0.5) is 0 Å². The van der Waals surface area contributed by atoms with Gasteiger partial charge in [-0.05, 0) is 6.42 Å². The van der Waals surface area contributed by atoms with Gasteiger partial charge in [0.1, 0.15) is 0 Å². The molecule has 0 aliphatic heterocycles. The average molecular weight is 128 g/mol. The van der Waals surface area contributed by atoms with E-state index < -0.39 is 0 Å². The molecule has 0 N–H and O–H groups in total. The van der Waals surface area contributed by atoms with Crippen LogP contribution in [0.1, 0.15) is 13.3 Å². The third kappa shape index (κ3) is 2.92. The van der Waals surface area contributed by atoms with Crippen LogP contribution in [0.5, 0.6) is 0 Å². The molecule has 0 aromatic heterocycles. The largest absolute Gasteiger partial charge is 0.175 e. The number of thiol groups is 1. The normalized spacial score (nSPS) is 11.5. The zero-order valence-electron chi connectivity index (χ0n) is 5.22. The van der Waals surface area contributed by atoms with Crippen LogP contribution in [0.2, 0.25) is 0 Å². The minimum atomic E-state index is 0.850. The Morgan fingerprint density at radius 1 is 1.75 bits per heavy atom. The van der Waals surface area contributed by atoms with Gasteiger partial charge in [-0.25, -0.2) is 0 Å². The third-order valence-corrected chi connectivity index (χ3v) is 1.42. The maximum Gasteiger partial charge on any atom is 0.0116 e. The van der Waals surface area contributed by atoms with E-state index in [-0.39, 0.29) is 0 Å². The first-order chi connectivity index (χ1) is 3.85. The Kier molecular flexibility index (Phi) is 4.87. The highest BCUT2D eigenvalue weighted by Crippen LogP contribution is 2.01. The first-order valence-corrected chi connectivity index (χ1v) is 3.39. The smallest absolute Gasteiger partial charge is 0.0116 e. The lowest BCUT2D eigenvalue weighted by Crippen LogP contribution is -1.78.